The van der Waals surface area contributed by atoms with Crippen molar-refractivity contribution in [1.29, 1.82) is 0 Å². The number of hydrogen-bond donors (Lipinski definition) is 1. The number of amidine groups is 1. The Bertz CT molecular complexity index is 523. The van der Waals surface area contributed by atoms with Gasteiger partial charge in [0.05, 0.1) is 24.1 Å². The maximum absolute atomic E-state index is 11.7. The predicted octanol–water partition coefficient (Wildman–Crippen LogP) is 2.69. The van der Waals surface area contributed by atoms with Crippen molar-refractivity contribution in [3.8, 4) is 0 Å². The Morgan fingerprint density at radius 3 is 2.55 bits per heavy atom. The number of nitrogens with two attached hydrogens (primary N) is 1. The summed E-state index contributed by atoms with van der Waals surface area (Å²) >= 11 is 5.61. The number of carbonyl (C=O) groups excluding carboxylic acids is 1. The van der Waals surface area contributed by atoms with Gasteiger partial charge in [-0.2, -0.15) is 0 Å². The standard InChI is InChI=1S/C16H22ClN3O2/c1-2-22-16(21)12-7-9-20(10-8-12)14-5-3-13(4-6-14)19-15(18)11-17/h3-6,12H,2,7-11H2,1H3,(H2,18,19). The van der Waals surface area contributed by atoms with E-state index in [1.807, 2.05) is 31.2 Å². The minimum absolute atomic E-state index is 0.0311. The Balaban J connectivity index is 1.93. The number of halogens is 1. The highest BCUT2D eigenvalue weighted by Crippen LogP contribution is 2.26. The van der Waals surface area contributed by atoms with Gasteiger partial charge in [-0.15, -0.1) is 11.6 Å². The van der Waals surface area contributed by atoms with Crippen LogP contribution in [-0.2, 0) is 9.53 Å². The van der Waals surface area contributed by atoms with Crippen LogP contribution >= 0.6 is 11.6 Å². The van der Waals surface area contributed by atoms with Crippen LogP contribution in [0, 0.1) is 5.92 Å². The monoisotopic (exact) mass is 323 g/mol. The molecule has 0 aliphatic carbocycles. The topological polar surface area (TPSA) is 67.9 Å². The second kappa shape index (κ2) is 8.03. The van der Waals surface area contributed by atoms with Crippen molar-refractivity contribution in [2.24, 2.45) is 16.6 Å². The molecule has 1 aromatic carbocycles. The molecule has 6 heteroatoms. The van der Waals surface area contributed by atoms with Gasteiger partial charge in [0.15, 0.2) is 0 Å². The number of carbonyl (C=O) groups is 1. The molecular formula is C16H22ClN3O2. The number of piperidine rings is 1. The summed E-state index contributed by atoms with van der Waals surface area (Å²) in [5.41, 5.74) is 7.54. The van der Waals surface area contributed by atoms with Crippen molar-refractivity contribution in [3.63, 3.8) is 0 Å². The highest BCUT2D eigenvalue weighted by Gasteiger charge is 2.25. The summed E-state index contributed by atoms with van der Waals surface area (Å²) < 4.78 is 5.09. The highest BCUT2D eigenvalue weighted by molar-refractivity contribution is 6.28. The number of alkyl halides is 1. The number of hydrogen-bond acceptors (Lipinski definition) is 4. The Kier molecular flexibility index (Phi) is 6.07. The summed E-state index contributed by atoms with van der Waals surface area (Å²) in [7, 11) is 0. The average Bonchev–Trinajstić information content (AvgIpc) is 2.56. The van der Waals surface area contributed by atoms with E-state index in [1.54, 1.807) is 0 Å². The fourth-order valence-electron chi connectivity index (χ4n) is 2.57. The van der Waals surface area contributed by atoms with Crippen LogP contribution in [0.25, 0.3) is 0 Å². The highest BCUT2D eigenvalue weighted by atomic mass is 35.5. The van der Waals surface area contributed by atoms with Crippen molar-refractivity contribution in [2.75, 3.05) is 30.5 Å². The minimum Gasteiger partial charge on any atom is -0.466 e. The van der Waals surface area contributed by atoms with Crippen LogP contribution in [-0.4, -0.2) is 37.4 Å². The number of anilines is 1. The average molecular weight is 324 g/mol. The van der Waals surface area contributed by atoms with E-state index >= 15 is 0 Å². The van der Waals surface area contributed by atoms with E-state index in [2.05, 4.69) is 9.89 Å². The Morgan fingerprint density at radius 2 is 2.00 bits per heavy atom. The normalized spacial score (nSPS) is 16.6. The SMILES string of the molecule is CCOC(=O)C1CCN(c2ccc(N=C(N)CCl)cc2)CC1. The molecule has 0 atom stereocenters. The lowest BCUT2D eigenvalue weighted by Gasteiger charge is -2.32. The molecule has 120 valence electrons. The summed E-state index contributed by atoms with van der Waals surface area (Å²) in [5.74, 6) is 0.597. The molecule has 1 heterocycles. The molecule has 1 aliphatic heterocycles. The van der Waals surface area contributed by atoms with Crippen LogP contribution < -0.4 is 10.6 Å². The molecule has 0 spiro atoms. The summed E-state index contributed by atoms with van der Waals surface area (Å²) in [6.07, 6.45) is 1.66. The van der Waals surface area contributed by atoms with Crippen molar-refractivity contribution in [1.82, 2.24) is 0 Å². The molecule has 0 saturated carbocycles. The lowest BCUT2D eigenvalue weighted by Crippen LogP contribution is -2.36. The summed E-state index contributed by atoms with van der Waals surface area (Å²) in [5, 5.41) is 0. The van der Waals surface area contributed by atoms with Gasteiger partial charge in [0.1, 0.15) is 5.84 Å². The quantitative estimate of drug-likeness (QED) is 0.391. The van der Waals surface area contributed by atoms with E-state index in [-0.39, 0.29) is 17.8 Å². The molecule has 1 fully saturated rings. The molecule has 5 nitrogen and oxygen atoms in total. The third kappa shape index (κ3) is 4.37. The van der Waals surface area contributed by atoms with Gasteiger partial charge >= 0.3 is 5.97 Å². The zero-order valence-electron chi connectivity index (χ0n) is 12.8. The Hall–Kier alpha value is -1.75. The zero-order valence-corrected chi connectivity index (χ0v) is 13.6. The largest absolute Gasteiger partial charge is 0.466 e. The van der Waals surface area contributed by atoms with E-state index in [0.717, 1.165) is 37.3 Å². The molecular weight excluding hydrogens is 302 g/mol. The van der Waals surface area contributed by atoms with Crippen LogP contribution in [0.3, 0.4) is 0 Å². The number of benzene rings is 1. The van der Waals surface area contributed by atoms with Gasteiger partial charge in [-0.1, -0.05) is 0 Å². The third-order valence-corrected chi connectivity index (χ3v) is 4.01. The van der Waals surface area contributed by atoms with Crippen molar-refractivity contribution < 1.29 is 9.53 Å². The molecule has 0 radical (unpaired) electrons. The number of rotatable bonds is 5. The molecule has 0 bridgehead atoms. The Morgan fingerprint density at radius 1 is 1.36 bits per heavy atom. The number of ether oxygens (including phenoxy) is 1. The number of aliphatic imine (C=N–C) groups is 1. The van der Waals surface area contributed by atoms with Gasteiger partial charge in [0.25, 0.3) is 0 Å². The molecule has 1 saturated heterocycles. The van der Waals surface area contributed by atoms with Crippen molar-refractivity contribution in [2.45, 2.75) is 19.8 Å². The molecule has 0 amide bonds. The minimum atomic E-state index is -0.0663. The predicted molar refractivity (Wildman–Crippen MR) is 90.0 cm³/mol. The summed E-state index contributed by atoms with van der Waals surface area (Å²) in [6, 6.07) is 7.88. The number of esters is 1. The lowest BCUT2D eigenvalue weighted by atomic mass is 9.96. The molecule has 22 heavy (non-hydrogen) atoms. The third-order valence-electron chi connectivity index (χ3n) is 3.74. The van der Waals surface area contributed by atoms with E-state index in [1.165, 1.54) is 0 Å². The second-order valence-corrected chi connectivity index (χ2v) is 5.53. The van der Waals surface area contributed by atoms with E-state index in [0.29, 0.717) is 12.4 Å². The smallest absolute Gasteiger partial charge is 0.309 e. The lowest BCUT2D eigenvalue weighted by molar-refractivity contribution is -0.148. The van der Waals surface area contributed by atoms with Gasteiger partial charge in [-0.25, -0.2) is 4.99 Å². The van der Waals surface area contributed by atoms with E-state index < -0.39 is 0 Å². The molecule has 0 aromatic heterocycles. The molecule has 2 N–H and O–H groups in total. The van der Waals surface area contributed by atoms with Crippen LogP contribution in [0.4, 0.5) is 11.4 Å². The molecule has 2 rings (SSSR count). The van der Waals surface area contributed by atoms with E-state index in [4.69, 9.17) is 22.1 Å². The first-order valence-electron chi connectivity index (χ1n) is 7.54. The zero-order chi connectivity index (χ0) is 15.9. The summed E-state index contributed by atoms with van der Waals surface area (Å²) in [4.78, 5) is 18.2. The van der Waals surface area contributed by atoms with Crippen LogP contribution in [0.2, 0.25) is 0 Å². The summed E-state index contributed by atoms with van der Waals surface area (Å²) in [6.45, 7) is 4.01. The fourth-order valence-corrected chi connectivity index (χ4v) is 2.63. The van der Waals surface area contributed by atoms with Gasteiger partial charge in [0.2, 0.25) is 0 Å². The van der Waals surface area contributed by atoms with E-state index in [9.17, 15) is 4.79 Å². The van der Waals surface area contributed by atoms with Crippen LogP contribution in [0.1, 0.15) is 19.8 Å². The first-order valence-corrected chi connectivity index (χ1v) is 8.08. The van der Waals surface area contributed by atoms with Crippen LogP contribution in [0.15, 0.2) is 29.3 Å². The maximum Gasteiger partial charge on any atom is 0.309 e. The van der Waals surface area contributed by atoms with Gasteiger partial charge < -0.3 is 15.4 Å². The molecule has 1 aliphatic rings. The first-order chi connectivity index (χ1) is 10.6. The molecule has 0 unspecified atom stereocenters. The first kappa shape index (κ1) is 16.6. The maximum atomic E-state index is 11.7. The van der Waals surface area contributed by atoms with Crippen molar-refractivity contribution >= 4 is 34.8 Å². The van der Waals surface area contributed by atoms with Gasteiger partial charge in [0, 0.05) is 18.8 Å². The van der Waals surface area contributed by atoms with Gasteiger partial charge in [-0.05, 0) is 44.0 Å². The van der Waals surface area contributed by atoms with Crippen LogP contribution in [0.5, 0.6) is 0 Å². The van der Waals surface area contributed by atoms with Gasteiger partial charge in [-0.3, -0.25) is 4.79 Å². The fraction of sp³-hybridized carbons (Fsp3) is 0.500. The van der Waals surface area contributed by atoms with Crippen molar-refractivity contribution in [3.05, 3.63) is 24.3 Å². The second-order valence-electron chi connectivity index (χ2n) is 5.27. The number of nitrogens with zero attached hydrogens (tertiary/aromatic N) is 2. The Labute approximate surface area is 136 Å². The molecule has 1 aromatic rings.